The molecule has 0 aliphatic rings. The maximum atomic E-state index is 12.0. The highest BCUT2D eigenvalue weighted by Gasteiger charge is 2.26. The first-order chi connectivity index (χ1) is 9.28. The second-order valence-electron chi connectivity index (χ2n) is 4.73. The maximum absolute atomic E-state index is 12.0. The van der Waals surface area contributed by atoms with Crippen LogP contribution in [0.4, 0.5) is 13.2 Å². The van der Waals surface area contributed by atoms with Gasteiger partial charge in [-0.15, -0.1) is 0 Å². The normalized spacial score (nSPS) is 11.9. The summed E-state index contributed by atoms with van der Waals surface area (Å²) in [5, 5.41) is 3.52. The molecule has 0 saturated heterocycles. The van der Waals surface area contributed by atoms with E-state index >= 15 is 0 Å². The second kappa shape index (κ2) is 7.69. The van der Waals surface area contributed by atoms with Crippen molar-refractivity contribution >= 4 is 11.6 Å². The number of nitrogens with zero attached hydrogens (tertiary/aromatic N) is 1. The average molecular weight is 311 g/mol. The van der Waals surface area contributed by atoms with E-state index in [4.69, 9.17) is 16.3 Å². The fraction of sp³-hybridized carbons (Fsp3) is 0.615. The smallest absolute Gasteiger partial charge is 0.389 e. The molecule has 1 N–H and O–H groups in total. The molecule has 0 amide bonds. The molecular weight excluding hydrogens is 293 g/mol. The van der Waals surface area contributed by atoms with E-state index in [0.29, 0.717) is 17.6 Å². The molecule has 0 bridgehead atoms. The molecule has 0 aliphatic heterocycles. The van der Waals surface area contributed by atoms with Crippen molar-refractivity contribution in [1.82, 2.24) is 10.3 Å². The lowest BCUT2D eigenvalue weighted by molar-refractivity contribution is -0.136. The van der Waals surface area contributed by atoms with Gasteiger partial charge in [0.2, 0.25) is 5.88 Å². The molecule has 1 aromatic rings. The van der Waals surface area contributed by atoms with Gasteiger partial charge in [0, 0.05) is 25.2 Å². The molecule has 0 spiro atoms. The predicted octanol–water partition coefficient (Wildman–Crippen LogP) is 3.95. The first-order valence-electron chi connectivity index (χ1n) is 6.35. The van der Waals surface area contributed by atoms with Gasteiger partial charge in [0.1, 0.15) is 5.02 Å². The highest BCUT2D eigenvalue weighted by atomic mass is 35.5. The Bertz CT molecular complexity index is 425. The summed E-state index contributed by atoms with van der Waals surface area (Å²) in [7, 11) is 0. The highest BCUT2D eigenvalue weighted by molar-refractivity contribution is 6.31. The van der Waals surface area contributed by atoms with Crippen LogP contribution in [-0.4, -0.2) is 23.8 Å². The van der Waals surface area contributed by atoms with Gasteiger partial charge >= 0.3 is 6.18 Å². The van der Waals surface area contributed by atoms with Crippen LogP contribution in [0.2, 0.25) is 5.02 Å². The van der Waals surface area contributed by atoms with Crippen molar-refractivity contribution in [3.8, 4) is 5.88 Å². The summed E-state index contributed by atoms with van der Waals surface area (Å²) in [6.07, 6.45) is -3.55. The molecule has 0 atom stereocenters. The van der Waals surface area contributed by atoms with Gasteiger partial charge in [0.15, 0.2) is 0 Å². The summed E-state index contributed by atoms with van der Waals surface area (Å²) in [5.41, 5.74) is 0.895. The van der Waals surface area contributed by atoms with E-state index in [1.54, 1.807) is 12.3 Å². The van der Waals surface area contributed by atoms with E-state index in [9.17, 15) is 13.2 Å². The second-order valence-corrected chi connectivity index (χ2v) is 5.14. The van der Waals surface area contributed by atoms with Gasteiger partial charge in [-0.05, 0) is 18.1 Å². The Morgan fingerprint density at radius 3 is 2.65 bits per heavy atom. The van der Waals surface area contributed by atoms with E-state index in [0.717, 1.165) is 5.56 Å². The van der Waals surface area contributed by atoms with Crippen molar-refractivity contribution in [2.24, 2.45) is 0 Å². The van der Waals surface area contributed by atoms with Crippen molar-refractivity contribution in [3.63, 3.8) is 0 Å². The van der Waals surface area contributed by atoms with Crippen molar-refractivity contribution in [3.05, 3.63) is 22.8 Å². The van der Waals surface area contributed by atoms with Gasteiger partial charge in [-0.25, -0.2) is 4.98 Å². The van der Waals surface area contributed by atoms with Crippen LogP contribution in [0, 0.1) is 0 Å². The lowest BCUT2D eigenvalue weighted by Gasteiger charge is -2.11. The summed E-state index contributed by atoms with van der Waals surface area (Å²) >= 11 is 5.98. The molecule has 0 radical (unpaired) electrons. The minimum Gasteiger partial charge on any atom is -0.477 e. The van der Waals surface area contributed by atoms with Crippen molar-refractivity contribution in [2.45, 2.75) is 45.5 Å². The number of halogens is 4. The zero-order valence-corrected chi connectivity index (χ0v) is 12.2. The molecule has 0 aliphatic carbocycles. The average Bonchev–Trinajstić information content (AvgIpc) is 2.32. The molecule has 1 heterocycles. The number of pyridine rings is 1. The third kappa shape index (κ3) is 6.96. The first kappa shape index (κ1) is 17.0. The van der Waals surface area contributed by atoms with Crippen LogP contribution in [-0.2, 0) is 6.54 Å². The summed E-state index contributed by atoms with van der Waals surface area (Å²) in [6, 6.07) is 2.04. The molecule has 0 saturated carbocycles. The number of ether oxygens (including phenoxy) is 1. The van der Waals surface area contributed by atoms with Crippen LogP contribution in [0.25, 0.3) is 0 Å². The van der Waals surface area contributed by atoms with Gasteiger partial charge in [-0.1, -0.05) is 25.4 Å². The maximum Gasteiger partial charge on any atom is 0.389 e. The van der Waals surface area contributed by atoms with Crippen molar-refractivity contribution < 1.29 is 17.9 Å². The summed E-state index contributed by atoms with van der Waals surface area (Å²) in [5.74, 6) is 0.169. The first-order valence-corrected chi connectivity index (χ1v) is 6.73. The number of aromatic nitrogens is 1. The van der Waals surface area contributed by atoms with Crippen LogP contribution in [0.3, 0.4) is 0 Å². The molecule has 1 aromatic heterocycles. The SMILES string of the molecule is CC(C)NCc1cnc(OCCCC(F)(F)F)c(Cl)c1. The number of rotatable bonds is 7. The van der Waals surface area contributed by atoms with Crippen LogP contribution < -0.4 is 10.1 Å². The largest absolute Gasteiger partial charge is 0.477 e. The quantitative estimate of drug-likeness (QED) is 0.774. The molecule has 3 nitrogen and oxygen atoms in total. The summed E-state index contributed by atoms with van der Waals surface area (Å²) in [6.45, 7) is 4.61. The Labute approximate surface area is 121 Å². The lowest BCUT2D eigenvalue weighted by Crippen LogP contribution is -2.21. The molecule has 1 rings (SSSR count). The highest BCUT2D eigenvalue weighted by Crippen LogP contribution is 2.24. The van der Waals surface area contributed by atoms with Gasteiger partial charge in [-0.3, -0.25) is 0 Å². The summed E-state index contributed by atoms with van der Waals surface area (Å²) < 4.78 is 41.0. The topological polar surface area (TPSA) is 34.2 Å². The monoisotopic (exact) mass is 310 g/mol. The third-order valence-corrected chi connectivity index (χ3v) is 2.69. The number of nitrogens with one attached hydrogen (secondary N) is 1. The zero-order chi connectivity index (χ0) is 15.2. The molecule has 20 heavy (non-hydrogen) atoms. The Balaban J connectivity index is 2.43. The van der Waals surface area contributed by atoms with E-state index in [-0.39, 0.29) is 18.9 Å². The number of hydrogen-bond donors (Lipinski definition) is 1. The van der Waals surface area contributed by atoms with Crippen LogP contribution in [0.1, 0.15) is 32.3 Å². The van der Waals surface area contributed by atoms with Gasteiger partial charge in [-0.2, -0.15) is 13.2 Å². The number of hydrogen-bond acceptors (Lipinski definition) is 3. The van der Waals surface area contributed by atoms with Crippen LogP contribution in [0.15, 0.2) is 12.3 Å². The van der Waals surface area contributed by atoms with E-state index in [1.807, 2.05) is 13.8 Å². The van der Waals surface area contributed by atoms with Crippen LogP contribution in [0.5, 0.6) is 5.88 Å². The fourth-order valence-electron chi connectivity index (χ4n) is 1.43. The Morgan fingerprint density at radius 1 is 1.40 bits per heavy atom. The molecule has 0 unspecified atom stereocenters. The Morgan fingerprint density at radius 2 is 2.10 bits per heavy atom. The van der Waals surface area contributed by atoms with Crippen molar-refractivity contribution in [2.75, 3.05) is 6.61 Å². The third-order valence-electron chi connectivity index (χ3n) is 2.42. The molecule has 0 fully saturated rings. The van der Waals surface area contributed by atoms with E-state index in [1.165, 1.54) is 0 Å². The number of alkyl halides is 3. The minimum atomic E-state index is -4.16. The Kier molecular flexibility index (Phi) is 6.55. The van der Waals surface area contributed by atoms with E-state index < -0.39 is 12.6 Å². The van der Waals surface area contributed by atoms with Crippen LogP contribution >= 0.6 is 11.6 Å². The molecular formula is C13H18ClF3N2O. The summed E-state index contributed by atoms with van der Waals surface area (Å²) in [4.78, 5) is 4.01. The standard InChI is InChI=1S/C13H18ClF3N2O/c1-9(2)18-7-10-6-11(14)12(19-8-10)20-5-3-4-13(15,16)17/h6,8-9,18H,3-5,7H2,1-2H3. The minimum absolute atomic E-state index is 0.0597. The lowest BCUT2D eigenvalue weighted by atomic mass is 10.2. The van der Waals surface area contributed by atoms with Gasteiger partial charge in [0.05, 0.1) is 6.61 Å². The van der Waals surface area contributed by atoms with Crippen molar-refractivity contribution in [1.29, 1.82) is 0 Å². The molecule has 0 aromatic carbocycles. The zero-order valence-electron chi connectivity index (χ0n) is 11.4. The molecule has 7 heteroatoms. The Hall–Kier alpha value is -1.01. The van der Waals surface area contributed by atoms with E-state index in [2.05, 4.69) is 10.3 Å². The predicted molar refractivity (Wildman–Crippen MR) is 72.0 cm³/mol. The van der Waals surface area contributed by atoms with Gasteiger partial charge in [0.25, 0.3) is 0 Å². The van der Waals surface area contributed by atoms with Gasteiger partial charge < -0.3 is 10.1 Å². The fourth-order valence-corrected chi connectivity index (χ4v) is 1.67. The molecule has 114 valence electrons.